The molecule has 2 aliphatic heterocycles. The topological polar surface area (TPSA) is 15.3 Å². The minimum absolute atomic E-state index is 0.516. The zero-order valence-electron chi connectivity index (χ0n) is 10.6. The maximum absolute atomic E-state index is 3.60. The van der Waals surface area contributed by atoms with E-state index < -0.39 is 0 Å². The molecule has 15 heavy (non-hydrogen) atoms. The van der Waals surface area contributed by atoms with Crippen LogP contribution in [0.5, 0.6) is 0 Å². The van der Waals surface area contributed by atoms with Crippen molar-refractivity contribution in [2.75, 3.05) is 19.6 Å². The van der Waals surface area contributed by atoms with Crippen molar-refractivity contribution in [3.8, 4) is 0 Å². The Morgan fingerprint density at radius 3 is 2.47 bits per heavy atom. The van der Waals surface area contributed by atoms with Crippen LogP contribution >= 0.6 is 0 Å². The van der Waals surface area contributed by atoms with Crippen molar-refractivity contribution in [1.29, 1.82) is 0 Å². The van der Waals surface area contributed by atoms with E-state index in [1.807, 2.05) is 0 Å². The molecule has 2 saturated heterocycles. The predicted molar refractivity (Wildman–Crippen MR) is 65.1 cm³/mol. The normalized spacial score (nSPS) is 35.2. The first-order valence-electron chi connectivity index (χ1n) is 6.63. The van der Waals surface area contributed by atoms with Crippen LogP contribution in [0.1, 0.15) is 46.5 Å². The average molecular weight is 210 g/mol. The summed E-state index contributed by atoms with van der Waals surface area (Å²) in [4.78, 5) is 2.80. The van der Waals surface area contributed by atoms with Gasteiger partial charge in [0.05, 0.1) is 0 Å². The van der Waals surface area contributed by atoms with Crippen molar-refractivity contribution >= 4 is 0 Å². The van der Waals surface area contributed by atoms with Gasteiger partial charge in [0.15, 0.2) is 0 Å². The summed E-state index contributed by atoms with van der Waals surface area (Å²) in [6.45, 7) is 10.9. The average Bonchev–Trinajstić information content (AvgIpc) is 2.61. The summed E-state index contributed by atoms with van der Waals surface area (Å²) in [5.41, 5.74) is 0.516. The molecule has 2 nitrogen and oxygen atoms in total. The Labute approximate surface area is 94.4 Å². The molecular formula is C13H26N2. The van der Waals surface area contributed by atoms with Crippen LogP contribution < -0.4 is 5.32 Å². The molecule has 0 radical (unpaired) electrons. The van der Waals surface area contributed by atoms with Gasteiger partial charge >= 0.3 is 0 Å². The Morgan fingerprint density at radius 2 is 1.87 bits per heavy atom. The fraction of sp³-hybridized carbons (Fsp3) is 1.00. The van der Waals surface area contributed by atoms with Gasteiger partial charge in [0.25, 0.3) is 0 Å². The summed E-state index contributed by atoms with van der Waals surface area (Å²) in [5.74, 6) is 0.780. The summed E-state index contributed by atoms with van der Waals surface area (Å²) < 4.78 is 0. The first kappa shape index (κ1) is 11.4. The lowest BCUT2D eigenvalue weighted by Gasteiger charge is -2.46. The molecule has 0 saturated carbocycles. The summed E-state index contributed by atoms with van der Waals surface area (Å²) in [5, 5.41) is 3.60. The molecule has 2 atom stereocenters. The molecule has 1 N–H and O–H groups in total. The van der Waals surface area contributed by atoms with Crippen molar-refractivity contribution in [1.82, 2.24) is 10.2 Å². The molecule has 0 aliphatic carbocycles. The third-order valence-corrected chi connectivity index (χ3v) is 4.56. The molecule has 0 bridgehead atoms. The van der Waals surface area contributed by atoms with Gasteiger partial charge in [-0.2, -0.15) is 0 Å². The van der Waals surface area contributed by atoms with Crippen LogP contribution in [0.15, 0.2) is 0 Å². The Morgan fingerprint density at radius 1 is 1.13 bits per heavy atom. The third kappa shape index (κ3) is 2.07. The van der Waals surface area contributed by atoms with Gasteiger partial charge in [0.1, 0.15) is 0 Å². The highest BCUT2D eigenvalue weighted by Gasteiger charge is 2.43. The first-order chi connectivity index (χ1) is 7.16. The number of nitrogens with zero attached hydrogens (tertiary/aromatic N) is 1. The van der Waals surface area contributed by atoms with E-state index in [2.05, 4.69) is 31.0 Å². The lowest BCUT2D eigenvalue weighted by molar-refractivity contribution is 0.0501. The molecule has 0 aromatic rings. The predicted octanol–water partition coefficient (Wildman–Crippen LogP) is 2.25. The third-order valence-electron chi connectivity index (χ3n) is 4.56. The molecule has 2 heteroatoms. The standard InChI is InChI=1S/C13H26N2/c1-11(2)12(3)15-9-5-7-13(15)6-4-8-14-10-13/h11-12,14H,4-10H2,1-3H3. The molecule has 1 spiro atoms. The molecule has 0 aromatic carbocycles. The van der Waals surface area contributed by atoms with Crippen LogP contribution in [-0.4, -0.2) is 36.1 Å². The molecule has 2 fully saturated rings. The van der Waals surface area contributed by atoms with Crippen LogP contribution in [-0.2, 0) is 0 Å². The highest BCUT2D eigenvalue weighted by molar-refractivity contribution is 5.01. The van der Waals surface area contributed by atoms with Crippen LogP contribution in [0.3, 0.4) is 0 Å². The SMILES string of the molecule is CC(C)C(C)N1CCCC12CCCNC2. The summed E-state index contributed by atoms with van der Waals surface area (Å²) in [6, 6.07) is 0.743. The van der Waals surface area contributed by atoms with Crippen molar-refractivity contribution in [2.24, 2.45) is 5.92 Å². The van der Waals surface area contributed by atoms with Gasteiger partial charge in [0.2, 0.25) is 0 Å². The molecular weight excluding hydrogens is 184 g/mol. The lowest BCUT2D eigenvalue weighted by atomic mass is 9.85. The minimum atomic E-state index is 0.516. The van der Waals surface area contributed by atoms with Crippen molar-refractivity contribution in [2.45, 2.75) is 58.0 Å². The highest BCUT2D eigenvalue weighted by atomic mass is 15.3. The van der Waals surface area contributed by atoms with E-state index in [1.165, 1.54) is 45.3 Å². The van der Waals surface area contributed by atoms with E-state index in [0.717, 1.165) is 12.0 Å². The summed E-state index contributed by atoms with van der Waals surface area (Å²) >= 11 is 0. The number of nitrogens with one attached hydrogen (secondary N) is 1. The first-order valence-corrected chi connectivity index (χ1v) is 6.63. The van der Waals surface area contributed by atoms with Gasteiger partial charge in [-0.3, -0.25) is 4.90 Å². The Bertz CT molecular complexity index is 207. The minimum Gasteiger partial charge on any atom is -0.315 e. The smallest absolute Gasteiger partial charge is 0.0337 e. The van der Waals surface area contributed by atoms with E-state index in [-0.39, 0.29) is 0 Å². The number of piperidine rings is 1. The van der Waals surface area contributed by atoms with E-state index >= 15 is 0 Å². The highest BCUT2D eigenvalue weighted by Crippen LogP contribution is 2.37. The van der Waals surface area contributed by atoms with E-state index in [0.29, 0.717) is 5.54 Å². The van der Waals surface area contributed by atoms with E-state index in [4.69, 9.17) is 0 Å². The molecule has 2 aliphatic rings. The zero-order chi connectivity index (χ0) is 10.9. The zero-order valence-corrected chi connectivity index (χ0v) is 10.6. The molecule has 2 rings (SSSR count). The Hall–Kier alpha value is -0.0800. The van der Waals surface area contributed by atoms with Crippen LogP contribution in [0.4, 0.5) is 0 Å². The lowest BCUT2D eigenvalue weighted by Crippen LogP contribution is -2.57. The molecule has 2 unspecified atom stereocenters. The fourth-order valence-electron chi connectivity index (χ4n) is 3.37. The van der Waals surface area contributed by atoms with Crippen LogP contribution in [0.2, 0.25) is 0 Å². The number of likely N-dealkylation sites (tertiary alicyclic amines) is 1. The second kappa shape index (κ2) is 4.42. The Kier molecular flexibility index (Phi) is 3.36. The van der Waals surface area contributed by atoms with Crippen molar-refractivity contribution < 1.29 is 0 Å². The molecule has 88 valence electrons. The summed E-state index contributed by atoms with van der Waals surface area (Å²) in [7, 11) is 0. The van der Waals surface area contributed by atoms with Gasteiger partial charge in [-0.1, -0.05) is 13.8 Å². The van der Waals surface area contributed by atoms with E-state index in [9.17, 15) is 0 Å². The molecule has 2 heterocycles. The van der Waals surface area contributed by atoms with Gasteiger partial charge in [0, 0.05) is 18.1 Å². The van der Waals surface area contributed by atoms with Crippen molar-refractivity contribution in [3.05, 3.63) is 0 Å². The second-order valence-electron chi connectivity index (χ2n) is 5.79. The number of rotatable bonds is 2. The Balaban J connectivity index is 2.09. The fourth-order valence-corrected chi connectivity index (χ4v) is 3.37. The van der Waals surface area contributed by atoms with Gasteiger partial charge < -0.3 is 5.32 Å². The van der Waals surface area contributed by atoms with Gasteiger partial charge in [-0.25, -0.2) is 0 Å². The maximum Gasteiger partial charge on any atom is 0.0337 e. The maximum atomic E-state index is 3.60. The van der Waals surface area contributed by atoms with Gasteiger partial charge in [-0.05, 0) is 51.6 Å². The van der Waals surface area contributed by atoms with Gasteiger partial charge in [-0.15, -0.1) is 0 Å². The quantitative estimate of drug-likeness (QED) is 0.752. The summed E-state index contributed by atoms with van der Waals surface area (Å²) in [6.07, 6.45) is 5.59. The van der Waals surface area contributed by atoms with Crippen molar-refractivity contribution in [3.63, 3.8) is 0 Å². The van der Waals surface area contributed by atoms with Crippen LogP contribution in [0.25, 0.3) is 0 Å². The largest absolute Gasteiger partial charge is 0.315 e. The second-order valence-corrected chi connectivity index (χ2v) is 5.79. The monoisotopic (exact) mass is 210 g/mol. The number of hydrogen-bond donors (Lipinski definition) is 1. The molecule has 0 amide bonds. The molecule has 0 aromatic heterocycles. The van der Waals surface area contributed by atoms with E-state index in [1.54, 1.807) is 0 Å². The van der Waals surface area contributed by atoms with Crippen LogP contribution in [0, 0.1) is 5.92 Å². The number of hydrogen-bond acceptors (Lipinski definition) is 2.